The fourth-order valence-corrected chi connectivity index (χ4v) is 2.32. The lowest BCUT2D eigenvalue weighted by Gasteiger charge is -2.14. The van der Waals surface area contributed by atoms with Crippen molar-refractivity contribution in [1.82, 2.24) is 10.2 Å². The number of nitrogens with zero attached hydrogens (tertiary/aromatic N) is 1. The van der Waals surface area contributed by atoms with Gasteiger partial charge >= 0.3 is 0 Å². The van der Waals surface area contributed by atoms with Crippen molar-refractivity contribution in [3.63, 3.8) is 0 Å². The minimum Gasteiger partial charge on any atom is -0.366 e. The minimum atomic E-state index is -0.556. The molecule has 7 atom stereocenters. The second-order valence-corrected chi connectivity index (χ2v) is 4.08. The molecule has 0 aliphatic carbocycles. The first-order chi connectivity index (χ1) is 5.70. The molecule has 4 heteroatoms. The third-order valence-electron chi connectivity index (χ3n) is 3.28. The predicted octanol–water partition coefficient (Wildman–Crippen LogP) is -0.906. The fourth-order valence-electron chi connectivity index (χ4n) is 2.32. The Labute approximate surface area is 71.5 Å². The molecule has 3 aliphatic rings. The molecular formula is C8H14N2O2. The predicted molar refractivity (Wildman–Crippen MR) is 42.4 cm³/mol. The van der Waals surface area contributed by atoms with Gasteiger partial charge in [0.1, 0.15) is 6.23 Å². The maximum Gasteiger partial charge on any atom is 0.173 e. The largest absolute Gasteiger partial charge is 0.366 e. The Morgan fingerprint density at radius 3 is 2.50 bits per heavy atom. The summed E-state index contributed by atoms with van der Waals surface area (Å²) in [5.41, 5.74) is 0. The molecule has 68 valence electrons. The van der Waals surface area contributed by atoms with E-state index in [4.69, 9.17) is 4.74 Å². The van der Waals surface area contributed by atoms with Gasteiger partial charge in [0, 0.05) is 12.1 Å². The highest BCUT2D eigenvalue weighted by Gasteiger charge is 2.64. The van der Waals surface area contributed by atoms with Gasteiger partial charge in [0.05, 0.1) is 12.1 Å². The molecule has 3 saturated heterocycles. The van der Waals surface area contributed by atoms with E-state index in [1.807, 2.05) is 0 Å². The van der Waals surface area contributed by atoms with Crippen LogP contribution in [0.15, 0.2) is 0 Å². The monoisotopic (exact) mass is 170 g/mol. The molecule has 2 N–H and O–H groups in total. The zero-order chi connectivity index (χ0) is 8.46. The summed E-state index contributed by atoms with van der Waals surface area (Å²) >= 11 is 0. The van der Waals surface area contributed by atoms with Gasteiger partial charge in [0.25, 0.3) is 0 Å². The summed E-state index contributed by atoms with van der Waals surface area (Å²) in [5.74, 6) is 0. The van der Waals surface area contributed by atoms with Gasteiger partial charge in [-0.05, 0) is 13.8 Å². The highest BCUT2D eigenvalue weighted by atomic mass is 16.6. The van der Waals surface area contributed by atoms with Gasteiger partial charge in [0.2, 0.25) is 0 Å². The van der Waals surface area contributed by atoms with Gasteiger partial charge in [-0.3, -0.25) is 4.90 Å². The quantitative estimate of drug-likeness (QED) is 0.500. The van der Waals surface area contributed by atoms with Crippen LogP contribution in [0.1, 0.15) is 13.8 Å². The molecule has 0 saturated carbocycles. The third-order valence-corrected chi connectivity index (χ3v) is 3.28. The van der Waals surface area contributed by atoms with Crippen molar-refractivity contribution >= 4 is 0 Å². The number of aliphatic hydroxyl groups is 1. The lowest BCUT2D eigenvalue weighted by Crippen LogP contribution is -2.30. The molecule has 3 fully saturated rings. The molecule has 0 aromatic heterocycles. The number of hydrogen-bond acceptors (Lipinski definition) is 4. The summed E-state index contributed by atoms with van der Waals surface area (Å²) in [6.07, 6.45) is -0.436. The topological polar surface area (TPSA) is 54.4 Å². The summed E-state index contributed by atoms with van der Waals surface area (Å²) in [5, 5.41) is 12.7. The molecule has 0 aromatic rings. The second-order valence-electron chi connectivity index (χ2n) is 4.08. The average molecular weight is 170 g/mol. The summed E-state index contributed by atoms with van der Waals surface area (Å²) < 4.78 is 5.41. The molecule has 0 radical (unpaired) electrons. The Morgan fingerprint density at radius 1 is 1.42 bits per heavy atom. The van der Waals surface area contributed by atoms with Crippen molar-refractivity contribution < 1.29 is 9.84 Å². The van der Waals surface area contributed by atoms with E-state index in [0.717, 1.165) is 0 Å². The molecule has 3 heterocycles. The van der Waals surface area contributed by atoms with Gasteiger partial charge in [-0.15, -0.1) is 0 Å². The Kier molecular flexibility index (Phi) is 1.22. The SMILES string of the molecule is CC1N[C@H]1C1O[C@H](O)C2C(C)N12. The van der Waals surface area contributed by atoms with Crippen molar-refractivity contribution in [2.24, 2.45) is 0 Å². The van der Waals surface area contributed by atoms with Crippen molar-refractivity contribution in [3.8, 4) is 0 Å². The molecule has 3 rings (SSSR count). The Morgan fingerprint density at radius 2 is 2.08 bits per heavy atom. The van der Waals surface area contributed by atoms with Crippen LogP contribution in [-0.4, -0.2) is 46.7 Å². The molecule has 0 aromatic carbocycles. The fraction of sp³-hybridized carbons (Fsp3) is 1.00. The molecule has 12 heavy (non-hydrogen) atoms. The van der Waals surface area contributed by atoms with Crippen LogP contribution in [0.2, 0.25) is 0 Å². The molecule has 0 spiro atoms. The Bertz CT molecular complexity index is 223. The second kappa shape index (κ2) is 2.01. The first-order valence-electron chi connectivity index (χ1n) is 4.57. The normalized spacial score (nSPS) is 67.8. The van der Waals surface area contributed by atoms with Gasteiger partial charge in [-0.1, -0.05) is 0 Å². The van der Waals surface area contributed by atoms with Crippen LogP contribution >= 0.6 is 0 Å². The van der Waals surface area contributed by atoms with Crippen molar-refractivity contribution in [2.75, 3.05) is 0 Å². The highest BCUT2D eigenvalue weighted by molar-refractivity contribution is 5.14. The summed E-state index contributed by atoms with van der Waals surface area (Å²) in [4.78, 5) is 2.24. The molecule has 0 amide bonds. The molecule has 5 unspecified atom stereocenters. The first-order valence-corrected chi connectivity index (χ1v) is 4.57. The minimum absolute atomic E-state index is 0.120. The van der Waals surface area contributed by atoms with E-state index in [1.54, 1.807) is 0 Å². The number of nitrogens with one attached hydrogen (secondary N) is 1. The molecule has 3 aliphatic heterocycles. The standard InChI is InChI=1S/C8H14N2O2/c1-3-5(9-3)7-10-4(2)6(10)8(11)12-7/h3-9,11H,1-2H3/t3?,4?,5-,6?,7?,8+,10?/m1/s1. The van der Waals surface area contributed by atoms with Crippen molar-refractivity contribution in [3.05, 3.63) is 0 Å². The summed E-state index contributed by atoms with van der Waals surface area (Å²) in [6.45, 7) is 4.28. The van der Waals surface area contributed by atoms with Crippen LogP contribution in [-0.2, 0) is 4.74 Å². The highest BCUT2D eigenvalue weighted by Crippen LogP contribution is 2.44. The van der Waals surface area contributed by atoms with Crippen LogP contribution in [0.25, 0.3) is 0 Å². The van der Waals surface area contributed by atoms with Crippen molar-refractivity contribution in [2.45, 2.75) is 50.5 Å². The zero-order valence-electron chi connectivity index (χ0n) is 7.27. The van der Waals surface area contributed by atoms with Crippen LogP contribution in [0.3, 0.4) is 0 Å². The van der Waals surface area contributed by atoms with Gasteiger partial charge < -0.3 is 15.2 Å². The van der Waals surface area contributed by atoms with Crippen molar-refractivity contribution in [1.29, 1.82) is 0 Å². The summed E-state index contributed by atoms with van der Waals surface area (Å²) in [7, 11) is 0. The Hall–Kier alpha value is -0.160. The van der Waals surface area contributed by atoms with E-state index in [2.05, 4.69) is 24.1 Å². The molecule has 0 bridgehead atoms. The van der Waals surface area contributed by atoms with Crippen LogP contribution in [0, 0.1) is 0 Å². The van der Waals surface area contributed by atoms with E-state index >= 15 is 0 Å². The van der Waals surface area contributed by atoms with Crippen LogP contribution in [0.4, 0.5) is 0 Å². The smallest absolute Gasteiger partial charge is 0.173 e. The van der Waals surface area contributed by atoms with Crippen LogP contribution < -0.4 is 5.32 Å². The third kappa shape index (κ3) is 0.758. The van der Waals surface area contributed by atoms with E-state index in [0.29, 0.717) is 18.1 Å². The van der Waals surface area contributed by atoms with E-state index in [9.17, 15) is 5.11 Å². The first kappa shape index (κ1) is 7.26. The van der Waals surface area contributed by atoms with E-state index < -0.39 is 6.29 Å². The number of ether oxygens (including phenoxy) is 1. The zero-order valence-corrected chi connectivity index (χ0v) is 7.27. The maximum atomic E-state index is 9.45. The molecular weight excluding hydrogens is 156 g/mol. The van der Waals surface area contributed by atoms with Crippen LogP contribution in [0.5, 0.6) is 0 Å². The van der Waals surface area contributed by atoms with Gasteiger partial charge in [0.15, 0.2) is 6.29 Å². The lowest BCUT2D eigenvalue weighted by molar-refractivity contribution is -0.116. The Balaban J connectivity index is 1.74. The van der Waals surface area contributed by atoms with Gasteiger partial charge in [-0.2, -0.15) is 0 Å². The number of rotatable bonds is 1. The number of hydrogen-bond donors (Lipinski definition) is 2. The maximum absolute atomic E-state index is 9.45. The molecule has 4 nitrogen and oxygen atoms in total. The summed E-state index contributed by atoms with van der Waals surface area (Å²) in [6, 6.07) is 1.77. The van der Waals surface area contributed by atoms with Gasteiger partial charge in [-0.25, -0.2) is 0 Å². The number of fused-ring (bicyclic) bond motifs is 1. The van der Waals surface area contributed by atoms with E-state index in [1.165, 1.54) is 0 Å². The average Bonchev–Trinajstić information content (AvgIpc) is 2.82. The van der Waals surface area contributed by atoms with E-state index in [-0.39, 0.29) is 12.3 Å². The lowest BCUT2D eigenvalue weighted by atomic mass is 10.3. The number of aliphatic hydroxyl groups excluding tert-OH is 1.